The Morgan fingerprint density at radius 1 is 1.14 bits per heavy atom. The summed E-state index contributed by atoms with van der Waals surface area (Å²) in [4.78, 5) is 2.38. The van der Waals surface area contributed by atoms with Gasteiger partial charge in [0.25, 0.3) is 0 Å². The van der Waals surface area contributed by atoms with E-state index in [2.05, 4.69) is 25.3 Å². The lowest BCUT2D eigenvalue weighted by Crippen LogP contribution is -2.41. The first-order valence-electron chi connectivity index (χ1n) is 10.6. The summed E-state index contributed by atoms with van der Waals surface area (Å²) in [5, 5.41) is 0.538. The second-order valence-electron chi connectivity index (χ2n) is 6.92. The quantitative estimate of drug-likeness (QED) is 0.509. The Labute approximate surface area is 179 Å². The van der Waals surface area contributed by atoms with E-state index in [0.717, 1.165) is 54.1 Å². The highest BCUT2D eigenvalue weighted by Gasteiger charge is 2.31. The summed E-state index contributed by atoms with van der Waals surface area (Å²) in [6.45, 7) is 19.2. The Hall–Kier alpha value is -1.00. The van der Waals surface area contributed by atoms with E-state index in [1.54, 1.807) is 0 Å². The summed E-state index contributed by atoms with van der Waals surface area (Å²) in [7, 11) is -2.93. The number of halogens is 1. The SMILES string of the molecule is C=C(C)c1cc(Cl)cc(N(CC)C2CCC(S(C)(=O)=O)CC2)c1C.CC.CC. The van der Waals surface area contributed by atoms with Gasteiger partial charge in [-0.05, 0) is 69.7 Å². The molecular weight excluding hydrogens is 390 g/mol. The van der Waals surface area contributed by atoms with Crippen LogP contribution >= 0.6 is 11.6 Å². The van der Waals surface area contributed by atoms with Crippen LogP contribution in [0.25, 0.3) is 5.57 Å². The minimum absolute atomic E-state index is 0.182. The molecule has 1 saturated carbocycles. The molecule has 162 valence electrons. The van der Waals surface area contributed by atoms with Crippen LogP contribution in [-0.2, 0) is 9.84 Å². The molecule has 0 aromatic heterocycles. The molecular formula is C23H40ClNO2S. The van der Waals surface area contributed by atoms with Crippen molar-refractivity contribution in [1.82, 2.24) is 0 Å². The fourth-order valence-electron chi connectivity index (χ4n) is 3.82. The molecule has 1 aromatic rings. The summed E-state index contributed by atoms with van der Waals surface area (Å²) in [5.41, 5.74) is 4.44. The molecule has 1 fully saturated rings. The van der Waals surface area contributed by atoms with E-state index in [9.17, 15) is 8.42 Å². The summed E-state index contributed by atoms with van der Waals surface area (Å²) < 4.78 is 23.6. The molecule has 0 heterocycles. The van der Waals surface area contributed by atoms with Crippen LogP contribution < -0.4 is 4.90 Å². The van der Waals surface area contributed by atoms with Gasteiger partial charge in [0.15, 0.2) is 0 Å². The van der Waals surface area contributed by atoms with Crippen molar-refractivity contribution < 1.29 is 8.42 Å². The first-order chi connectivity index (χ1) is 13.1. The van der Waals surface area contributed by atoms with Gasteiger partial charge in [0, 0.05) is 29.6 Å². The molecule has 3 nitrogen and oxygen atoms in total. The number of rotatable bonds is 5. The summed E-state index contributed by atoms with van der Waals surface area (Å²) in [6, 6.07) is 4.36. The fraction of sp³-hybridized carbons (Fsp3) is 0.652. The highest BCUT2D eigenvalue weighted by atomic mass is 35.5. The molecule has 0 spiro atoms. The van der Waals surface area contributed by atoms with Gasteiger partial charge in [-0.1, -0.05) is 51.4 Å². The minimum atomic E-state index is -2.93. The van der Waals surface area contributed by atoms with Crippen molar-refractivity contribution in [2.24, 2.45) is 0 Å². The Kier molecular flexibility index (Phi) is 12.1. The zero-order chi connectivity index (χ0) is 22.1. The molecule has 1 aromatic carbocycles. The second-order valence-corrected chi connectivity index (χ2v) is 9.69. The molecule has 0 saturated heterocycles. The van der Waals surface area contributed by atoms with Gasteiger partial charge in [0.05, 0.1) is 5.25 Å². The molecule has 1 aliphatic carbocycles. The van der Waals surface area contributed by atoms with Crippen molar-refractivity contribution in [3.05, 3.63) is 34.9 Å². The Morgan fingerprint density at radius 3 is 2.04 bits per heavy atom. The molecule has 28 heavy (non-hydrogen) atoms. The van der Waals surface area contributed by atoms with Crippen LogP contribution in [0.4, 0.5) is 5.69 Å². The summed E-state index contributed by atoms with van der Waals surface area (Å²) in [6.07, 6.45) is 4.65. The van der Waals surface area contributed by atoms with Gasteiger partial charge in [-0.25, -0.2) is 8.42 Å². The van der Waals surface area contributed by atoms with E-state index in [1.807, 2.05) is 46.8 Å². The number of hydrogen-bond donors (Lipinski definition) is 0. The first-order valence-corrected chi connectivity index (χ1v) is 12.9. The predicted octanol–water partition coefficient (Wildman–Crippen LogP) is 6.92. The highest BCUT2D eigenvalue weighted by molar-refractivity contribution is 7.91. The fourth-order valence-corrected chi connectivity index (χ4v) is 5.16. The van der Waals surface area contributed by atoms with E-state index in [4.69, 9.17) is 11.6 Å². The lowest BCUT2D eigenvalue weighted by atomic mass is 9.92. The molecule has 0 N–H and O–H groups in total. The van der Waals surface area contributed by atoms with Gasteiger partial charge in [-0.15, -0.1) is 0 Å². The molecule has 0 unspecified atom stereocenters. The number of nitrogens with zero attached hydrogens (tertiary/aromatic N) is 1. The molecule has 5 heteroatoms. The van der Waals surface area contributed by atoms with Gasteiger partial charge >= 0.3 is 0 Å². The third-order valence-corrected chi connectivity index (χ3v) is 7.05. The van der Waals surface area contributed by atoms with Crippen molar-refractivity contribution in [3.63, 3.8) is 0 Å². The van der Waals surface area contributed by atoms with E-state index in [1.165, 1.54) is 11.8 Å². The van der Waals surface area contributed by atoms with Gasteiger partial charge in [0.1, 0.15) is 9.84 Å². The minimum Gasteiger partial charge on any atom is -0.369 e. The number of anilines is 1. The zero-order valence-corrected chi connectivity index (χ0v) is 20.7. The average molecular weight is 430 g/mol. The number of benzene rings is 1. The van der Waals surface area contributed by atoms with Gasteiger partial charge in [-0.3, -0.25) is 0 Å². The predicted molar refractivity (Wildman–Crippen MR) is 128 cm³/mol. The van der Waals surface area contributed by atoms with Crippen LogP contribution in [0, 0.1) is 6.92 Å². The standard InChI is InChI=1S/C19H28ClNO2S.2C2H6/c1-6-21(16-7-9-17(10-8-16)24(5,22)23)19-12-15(20)11-18(13(2)3)14(19)4;2*1-2/h11-12,16-17H,2,6-10H2,1,3-5H3;2*1-2H3. The van der Waals surface area contributed by atoms with Gasteiger partial charge < -0.3 is 4.90 Å². The maximum atomic E-state index is 11.8. The van der Waals surface area contributed by atoms with Crippen molar-refractivity contribution in [1.29, 1.82) is 0 Å². The molecule has 0 bridgehead atoms. The van der Waals surface area contributed by atoms with E-state index in [0.29, 0.717) is 6.04 Å². The number of allylic oxidation sites excluding steroid dienone is 1. The van der Waals surface area contributed by atoms with Gasteiger partial charge in [0.2, 0.25) is 0 Å². The summed E-state index contributed by atoms with van der Waals surface area (Å²) >= 11 is 6.34. The molecule has 0 aliphatic heterocycles. The zero-order valence-electron chi connectivity index (χ0n) is 19.1. The first kappa shape index (κ1) is 27.0. The molecule has 0 atom stereocenters. The maximum absolute atomic E-state index is 11.8. The van der Waals surface area contributed by atoms with Crippen molar-refractivity contribution >= 4 is 32.7 Å². The van der Waals surface area contributed by atoms with Crippen molar-refractivity contribution in [2.75, 3.05) is 17.7 Å². The lowest BCUT2D eigenvalue weighted by molar-refractivity contribution is 0.414. The largest absolute Gasteiger partial charge is 0.369 e. The van der Waals surface area contributed by atoms with Crippen LogP contribution in [0.3, 0.4) is 0 Å². The number of hydrogen-bond acceptors (Lipinski definition) is 3. The van der Waals surface area contributed by atoms with Crippen LogP contribution in [0.2, 0.25) is 5.02 Å². The molecule has 0 radical (unpaired) electrons. The van der Waals surface area contributed by atoms with Crippen molar-refractivity contribution in [2.45, 2.75) is 85.4 Å². The normalized spacial score (nSPS) is 18.9. The van der Waals surface area contributed by atoms with Crippen molar-refractivity contribution in [3.8, 4) is 0 Å². The Bertz CT molecular complexity index is 720. The Balaban J connectivity index is 0.00000171. The third kappa shape index (κ3) is 7.11. The van der Waals surface area contributed by atoms with Crippen LogP contribution in [0.1, 0.15) is 78.4 Å². The highest BCUT2D eigenvalue weighted by Crippen LogP contribution is 2.36. The topological polar surface area (TPSA) is 37.4 Å². The van der Waals surface area contributed by atoms with E-state index < -0.39 is 9.84 Å². The Morgan fingerprint density at radius 2 is 1.64 bits per heavy atom. The third-order valence-electron chi connectivity index (χ3n) is 5.14. The second kappa shape index (κ2) is 12.5. The molecule has 1 aliphatic rings. The van der Waals surface area contributed by atoms with E-state index >= 15 is 0 Å². The van der Waals surface area contributed by atoms with Crippen LogP contribution in [0.15, 0.2) is 18.7 Å². The molecule has 2 rings (SSSR count). The van der Waals surface area contributed by atoms with Gasteiger partial charge in [-0.2, -0.15) is 0 Å². The average Bonchev–Trinajstić information content (AvgIpc) is 2.67. The van der Waals surface area contributed by atoms with E-state index in [-0.39, 0.29) is 5.25 Å². The summed E-state index contributed by atoms with van der Waals surface area (Å²) in [5.74, 6) is 0. The van der Waals surface area contributed by atoms with Crippen LogP contribution in [0.5, 0.6) is 0 Å². The lowest BCUT2D eigenvalue weighted by Gasteiger charge is -2.38. The smallest absolute Gasteiger partial charge is 0.150 e. The molecule has 0 amide bonds. The number of sulfone groups is 1. The maximum Gasteiger partial charge on any atom is 0.150 e. The monoisotopic (exact) mass is 429 g/mol. The van der Waals surface area contributed by atoms with Crippen LogP contribution in [-0.4, -0.2) is 32.5 Å².